The van der Waals surface area contributed by atoms with Crippen molar-refractivity contribution in [3.63, 3.8) is 0 Å². The molecule has 0 radical (unpaired) electrons. The lowest BCUT2D eigenvalue weighted by molar-refractivity contribution is -0.121. The topological polar surface area (TPSA) is 68.2 Å². The molecule has 0 bridgehead atoms. The smallest absolute Gasteiger partial charge is 0.241 e. The van der Waals surface area contributed by atoms with Crippen LogP contribution in [-0.4, -0.2) is 42.5 Å². The number of anilines is 1. The molecular weight excluding hydrogens is 232 g/mol. The quantitative estimate of drug-likeness (QED) is 0.799. The number of nitrogens with zero attached hydrogens (tertiary/aromatic N) is 2. The fourth-order valence-corrected chi connectivity index (χ4v) is 2.00. The van der Waals surface area contributed by atoms with Crippen LogP contribution < -0.4 is 10.6 Å². The van der Waals surface area contributed by atoms with Crippen LogP contribution in [-0.2, 0) is 16.1 Å². The van der Waals surface area contributed by atoms with Crippen LogP contribution in [0.25, 0.3) is 0 Å². The standard InChI is InChI=1S/C12H20N4O2/c1-13-12(17)8-16-7-11(6-15-16)14-5-10-3-2-4-18-9-10/h6-7,10,14H,2-5,8-9H2,1H3,(H,13,17). The van der Waals surface area contributed by atoms with Crippen LogP contribution in [0.5, 0.6) is 0 Å². The zero-order chi connectivity index (χ0) is 12.8. The van der Waals surface area contributed by atoms with E-state index >= 15 is 0 Å². The molecule has 2 rings (SSSR count). The predicted molar refractivity (Wildman–Crippen MR) is 68.3 cm³/mol. The number of rotatable bonds is 5. The number of amides is 1. The number of ether oxygens (including phenoxy) is 1. The number of carbonyl (C=O) groups excluding carboxylic acids is 1. The molecule has 1 unspecified atom stereocenters. The first-order valence-corrected chi connectivity index (χ1v) is 6.32. The molecule has 1 aliphatic heterocycles. The second kappa shape index (κ2) is 6.39. The summed E-state index contributed by atoms with van der Waals surface area (Å²) in [5, 5.41) is 10.0. The summed E-state index contributed by atoms with van der Waals surface area (Å²) in [6.45, 7) is 2.87. The zero-order valence-corrected chi connectivity index (χ0v) is 10.7. The lowest BCUT2D eigenvalue weighted by Crippen LogP contribution is -2.24. The summed E-state index contributed by atoms with van der Waals surface area (Å²) < 4.78 is 7.05. The summed E-state index contributed by atoms with van der Waals surface area (Å²) in [5.41, 5.74) is 0.949. The number of aromatic nitrogens is 2. The SMILES string of the molecule is CNC(=O)Cn1cc(NCC2CCCOC2)cn1. The van der Waals surface area contributed by atoms with Crippen LogP contribution in [0, 0.1) is 5.92 Å². The molecule has 1 aliphatic rings. The van der Waals surface area contributed by atoms with E-state index in [-0.39, 0.29) is 12.5 Å². The number of hydrogen-bond donors (Lipinski definition) is 2. The van der Waals surface area contributed by atoms with Gasteiger partial charge in [-0.2, -0.15) is 5.10 Å². The van der Waals surface area contributed by atoms with Crippen LogP contribution in [0.3, 0.4) is 0 Å². The first-order chi connectivity index (χ1) is 8.78. The summed E-state index contributed by atoms with van der Waals surface area (Å²) in [5.74, 6) is 0.520. The van der Waals surface area contributed by atoms with Crippen LogP contribution >= 0.6 is 0 Å². The Balaban J connectivity index is 1.77. The van der Waals surface area contributed by atoms with Gasteiger partial charge < -0.3 is 15.4 Å². The van der Waals surface area contributed by atoms with Gasteiger partial charge in [0, 0.05) is 26.4 Å². The maximum atomic E-state index is 11.2. The minimum absolute atomic E-state index is 0.0506. The summed E-state index contributed by atoms with van der Waals surface area (Å²) in [4.78, 5) is 11.2. The third-order valence-electron chi connectivity index (χ3n) is 3.07. The van der Waals surface area contributed by atoms with Gasteiger partial charge in [-0.1, -0.05) is 0 Å². The van der Waals surface area contributed by atoms with Gasteiger partial charge in [0.2, 0.25) is 5.91 Å². The Hall–Kier alpha value is -1.56. The summed E-state index contributed by atoms with van der Waals surface area (Å²) >= 11 is 0. The Morgan fingerprint density at radius 1 is 1.67 bits per heavy atom. The molecule has 1 amide bonds. The van der Waals surface area contributed by atoms with E-state index in [9.17, 15) is 4.79 Å². The van der Waals surface area contributed by atoms with Gasteiger partial charge in [0.05, 0.1) is 18.5 Å². The molecule has 1 fully saturated rings. The first-order valence-electron chi connectivity index (χ1n) is 6.32. The van der Waals surface area contributed by atoms with E-state index in [2.05, 4.69) is 15.7 Å². The van der Waals surface area contributed by atoms with Gasteiger partial charge in [-0.05, 0) is 18.8 Å². The number of likely N-dealkylation sites (N-methyl/N-ethyl adjacent to an activating group) is 1. The Kier molecular flexibility index (Phi) is 4.58. The highest BCUT2D eigenvalue weighted by molar-refractivity contribution is 5.75. The number of nitrogens with one attached hydrogen (secondary N) is 2. The van der Waals surface area contributed by atoms with E-state index in [0.717, 1.165) is 31.9 Å². The third kappa shape index (κ3) is 3.73. The van der Waals surface area contributed by atoms with Crippen molar-refractivity contribution in [1.29, 1.82) is 0 Å². The maximum absolute atomic E-state index is 11.2. The van der Waals surface area contributed by atoms with Crippen molar-refractivity contribution in [2.75, 3.05) is 32.1 Å². The first kappa shape index (κ1) is 12.9. The fraction of sp³-hybridized carbons (Fsp3) is 0.667. The molecule has 100 valence electrons. The molecule has 0 spiro atoms. The van der Waals surface area contributed by atoms with Crippen LogP contribution in [0.15, 0.2) is 12.4 Å². The van der Waals surface area contributed by atoms with Crippen molar-refractivity contribution in [3.05, 3.63) is 12.4 Å². The van der Waals surface area contributed by atoms with Gasteiger partial charge in [-0.15, -0.1) is 0 Å². The van der Waals surface area contributed by atoms with E-state index in [0.29, 0.717) is 5.92 Å². The number of carbonyl (C=O) groups is 1. The van der Waals surface area contributed by atoms with E-state index in [1.54, 1.807) is 17.9 Å². The monoisotopic (exact) mass is 252 g/mol. The normalized spacial score (nSPS) is 19.5. The van der Waals surface area contributed by atoms with E-state index < -0.39 is 0 Å². The molecule has 0 aliphatic carbocycles. The van der Waals surface area contributed by atoms with Crippen molar-refractivity contribution < 1.29 is 9.53 Å². The predicted octanol–water partition coefficient (Wildman–Crippen LogP) is 0.468. The second-order valence-corrected chi connectivity index (χ2v) is 4.56. The molecule has 2 N–H and O–H groups in total. The van der Waals surface area contributed by atoms with Crippen molar-refractivity contribution in [1.82, 2.24) is 15.1 Å². The summed E-state index contributed by atoms with van der Waals surface area (Å²) in [6.07, 6.45) is 5.94. The number of hydrogen-bond acceptors (Lipinski definition) is 4. The van der Waals surface area contributed by atoms with Gasteiger partial charge in [0.15, 0.2) is 0 Å². The molecule has 1 aromatic rings. The zero-order valence-electron chi connectivity index (χ0n) is 10.7. The highest BCUT2D eigenvalue weighted by Gasteiger charge is 2.13. The van der Waals surface area contributed by atoms with Gasteiger partial charge in [-0.3, -0.25) is 9.48 Å². The third-order valence-corrected chi connectivity index (χ3v) is 3.07. The molecule has 1 saturated heterocycles. The minimum Gasteiger partial charge on any atom is -0.382 e. The Bertz CT molecular complexity index is 385. The molecule has 0 aromatic carbocycles. The molecule has 18 heavy (non-hydrogen) atoms. The summed E-state index contributed by atoms with van der Waals surface area (Å²) in [6, 6.07) is 0. The second-order valence-electron chi connectivity index (χ2n) is 4.56. The van der Waals surface area contributed by atoms with E-state index in [1.165, 1.54) is 6.42 Å². The van der Waals surface area contributed by atoms with Crippen molar-refractivity contribution in [2.24, 2.45) is 5.92 Å². The lowest BCUT2D eigenvalue weighted by atomic mass is 10.0. The highest BCUT2D eigenvalue weighted by Crippen LogP contribution is 2.14. The Morgan fingerprint density at radius 3 is 3.28 bits per heavy atom. The fourth-order valence-electron chi connectivity index (χ4n) is 2.00. The highest BCUT2D eigenvalue weighted by atomic mass is 16.5. The van der Waals surface area contributed by atoms with Gasteiger partial charge in [0.1, 0.15) is 6.54 Å². The van der Waals surface area contributed by atoms with Crippen molar-refractivity contribution in [3.8, 4) is 0 Å². The van der Waals surface area contributed by atoms with Gasteiger partial charge in [0.25, 0.3) is 0 Å². The largest absolute Gasteiger partial charge is 0.382 e. The lowest BCUT2D eigenvalue weighted by Gasteiger charge is -2.22. The maximum Gasteiger partial charge on any atom is 0.241 e. The molecule has 6 nitrogen and oxygen atoms in total. The molecule has 1 aromatic heterocycles. The van der Waals surface area contributed by atoms with E-state index in [1.807, 2.05) is 6.20 Å². The summed E-state index contributed by atoms with van der Waals surface area (Å²) in [7, 11) is 1.62. The van der Waals surface area contributed by atoms with Crippen molar-refractivity contribution >= 4 is 11.6 Å². The molecular formula is C12H20N4O2. The Morgan fingerprint density at radius 2 is 2.56 bits per heavy atom. The molecule has 1 atom stereocenters. The molecule has 6 heteroatoms. The van der Waals surface area contributed by atoms with Gasteiger partial charge >= 0.3 is 0 Å². The Labute approximate surface area is 107 Å². The molecule has 0 saturated carbocycles. The van der Waals surface area contributed by atoms with Crippen molar-refractivity contribution in [2.45, 2.75) is 19.4 Å². The van der Waals surface area contributed by atoms with Crippen LogP contribution in [0.1, 0.15) is 12.8 Å². The van der Waals surface area contributed by atoms with Gasteiger partial charge in [-0.25, -0.2) is 0 Å². The molecule has 2 heterocycles. The average Bonchev–Trinajstić information content (AvgIpc) is 2.85. The van der Waals surface area contributed by atoms with E-state index in [4.69, 9.17) is 4.74 Å². The average molecular weight is 252 g/mol. The minimum atomic E-state index is -0.0506. The van der Waals surface area contributed by atoms with Crippen LogP contribution in [0.4, 0.5) is 5.69 Å². The van der Waals surface area contributed by atoms with Crippen LogP contribution in [0.2, 0.25) is 0 Å².